The first kappa shape index (κ1) is 14.2. The summed E-state index contributed by atoms with van der Waals surface area (Å²) in [5.74, 6) is -0.856. The first-order valence-electron chi connectivity index (χ1n) is 5.81. The number of nitrogens with zero attached hydrogens (tertiary/aromatic N) is 2. The van der Waals surface area contributed by atoms with E-state index in [0.29, 0.717) is 22.7 Å². The number of amides is 1. The van der Waals surface area contributed by atoms with Crippen molar-refractivity contribution in [2.24, 2.45) is 0 Å². The van der Waals surface area contributed by atoms with Crippen molar-refractivity contribution in [2.75, 3.05) is 5.32 Å². The summed E-state index contributed by atoms with van der Waals surface area (Å²) in [5, 5.41) is 15.7. The summed E-state index contributed by atoms with van der Waals surface area (Å²) in [6.07, 6.45) is 0.0805. The van der Waals surface area contributed by atoms with Crippen LogP contribution in [0.1, 0.15) is 33.1 Å². The van der Waals surface area contributed by atoms with E-state index in [0.717, 1.165) is 11.5 Å². The molecule has 2 aromatic rings. The normalized spacial score (nSPS) is 10.6. The van der Waals surface area contributed by atoms with Gasteiger partial charge >= 0.3 is 5.97 Å². The van der Waals surface area contributed by atoms with Crippen LogP contribution >= 0.6 is 11.5 Å². The molecule has 0 bridgehead atoms. The monoisotopic (exact) mass is 295 g/mol. The van der Waals surface area contributed by atoms with Gasteiger partial charge in [0.05, 0.1) is 17.8 Å². The molecule has 0 saturated heterocycles. The van der Waals surface area contributed by atoms with E-state index >= 15 is 0 Å². The Bertz CT molecular complexity index is 655. The highest BCUT2D eigenvalue weighted by Gasteiger charge is 2.20. The molecule has 7 nitrogen and oxygen atoms in total. The summed E-state index contributed by atoms with van der Waals surface area (Å²) < 4.78 is 8.92. The van der Waals surface area contributed by atoms with Crippen molar-refractivity contribution in [3.05, 3.63) is 28.3 Å². The number of aromatic nitrogens is 2. The molecule has 8 heteroatoms. The number of rotatable bonds is 4. The molecule has 0 aromatic carbocycles. The van der Waals surface area contributed by atoms with E-state index in [9.17, 15) is 9.59 Å². The van der Waals surface area contributed by atoms with Gasteiger partial charge in [-0.05, 0) is 32.3 Å². The van der Waals surface area contributed by atoms with Crippen LogP contribution in [0.15, 0.2) is 4.52 Å². The summed E-state index contributed by atoms with van der Waals surface area (Å²) in [6, 6.07) is 0. The first-order valence-corrected chi connectivity index (χ1v) is 6.58. The van der Waals surface area contributed by atoms with E-state index in [1.54, 1.807) is 20.8 Å². The van der Waals surface area contributed by atoms with E-state index < -0.39 is 5.97 Å². The van der Waals surface area contributed by atoms with Gasteiger partial charge in [0.25, 0.3) is 0 Å². The van der Waals surface area contributed by atoms with Gasteiger partial charge in [-0.1, -0.05) is 5.16 Å². The number of carbonyl (C=O) groups excluding carboxylic acids is 1. The highest BCUT2D eigenvalue weighted by molar-refractivity contribution is 7.11. The molecule has 0 spiro atoms. The van der Waals surface area contributed by atoms with E-state index in [2.05, 4.69) is 14.8 Å². The third-order valence-corrected chi connectivity index (χ3v) is 3.70. The highest BCUT2D eigenvalue weighted by atomic mass is 32.1. The Hall–Kier alpha value is -2.22. The van der Waals surface area contributed by atoms with Gasteiger partial charge in [-0.15, -0.1) is 0 Å². The molecule has 0 fully saturated rings. The molecule has 2 heterocycles. The molecule has 0 unspecified atom stereocenters. The van der Waals surface area contributed by atoms with Crippen LogP contribution in [0.2, 0.25) is 0 Å². The second-order valence-electron chi connectivity index (χ2n) is 4.30. The fourth-order valence-electron chi connectivity index (χ4n) is 1.79. The number of hydrogen-bond acceptors (Lipinski definition) is 6. The average Bonchev–Trinajstić information content (AvgIpc) is 2.87. The lowest BCUT2D eigenvalue weighted by Gasteiger charge is -2.03. The van der Waals surface area contributed by atoms with Crippen LogP contribution in [0.4, 0.5) is 5.00 Å². The van der Waals surface area contributed by atoms with Gasteiger partial charge in [0.2, 0.25) is 5.91 Å². The van der Waals surface area contributed by atoms with Crippen molar-refractivity contribution < 1.29 is 19.2 Å². The zero-order valence-corrected chi connectivity index (χ0v) is 12.0. The third kappa shape index (κ3) is 2.69. The lowest BCUT2D eigenvalue weighted by Crippen LogP contribution is -2.16. The van der Waals surface area contributed by atoms with Gasteiger partial charge in [-0.25, -0.2) is 4.79 Å². The van der Waals surface area contributed by atoms with E-state index in [-0.39, 0.29) is 22.9 Å². The Morgan fingerprint density at radius 3 is 2.55 bits per heavy atom. The highest BCUT2D eigenvalue weighted by Crippen LogP contribution is 2.25. The quantitative estimate of drug-likeness (QED) is 0.893. The Morgan fingerprint density at radius 1 is 1.30 bits per heavy atom. The molecule has 0 aliphatic carbocycles. The van der Waals surface area contributed by atoms with Gasteiger partial charge in [-0.3, -0.25) is 4.79 Å². The summed E-state index contributed by atoms with van der Waals surface area (Å²) in [5.41, 5.74) is 1.77. The number of carbonyl (C=O) groups is 2. The molecule has 2 aromatic heterocycles. The molecule has 20 heavy (non-hydrogen) atoms. The Labute approximate surface area is 118 Å². The SMILES string of the molecule is Cc1noc(C)c1CC(=O)Nc1snc(C)c1C(=O)O. The molecule has 0 aliphatic rings. The van der Waals surface area contributed by atoms with Crippen LogP contribution in [-0.4, -0.2) is 26.5 Å². The fraction of sp³-hybridized carbons (Fsp3) is 0.333. The van der Waals surface area contributed by atoms with Crippen LogP contribution in [0.3, 0.4) is 0 Å². The standard InChI is InChI=1S/C12H13N3O4S/c1-5-8(7(3)19-14-5)4-9(16)13-11-10(12(17)18)6(2)15-20-11/h4H2,1-3H3,(H,13,16)(H,17,18). The second-order valence-corrected chi connectivity index (χ2v) is 5.08. The first-order chi connectivity index (χ1) is 9.40. The minimum Gasteiger partial charge on any atom is -0.478 e. The number of carboxylic acid groups (broad SMARTS) is 1. The molecule has 2 N–H and O–H groups in total. The second kappa shape index (κ2) is 5.41. The van der Waals surface area contributed by atoms with Crippen LogP contribution < -0.4 is 5.32 Å². The third-order valence-electron chi connectivity index (χ3n) is 2.85. The van der Waals surface area contributed by atoms with Gasteiger partial charge in [0.1, 0.15) is 16.3 Å². The zero-order valence-electron chi connectivity index (χ0n) is 11.2. The van der Waals surface area contributed by atoms with E-state index in [4.69, 9.17) is 9.63 Å². The predicted octanol–water partition coefficient (Wildman–Crippen LogP) is 1.94. The van der Waals surface area contributed by atoms with Gasteiger partial charge < -0.3 is 14.9 Å². The summed E-state index contributed by atoms with van der Waals surface area (Å²) in [4.78, 5) is 23.1. The van der Waals surface area contributed by atoms with Crippen molar-refractivity contribution in [2.45, 2.75) is 27.2 Å². The van der Waals surface area contributed by atoms with Crippen LogP contribution in [-0.2, 0) is 11.2 Å². The molecule has 0 aliphatic heterocycles. The molecule has 0 atom stereocenters. The Morgan fingerprint density at radius 2 is 2.00 bits per heavy atom. The lowest BCUT2D eigenvalue weighted by molar-refractivity contribution is -0.115. The van der Waals surface area contributed by atoms with E-state index in [1.165, 1.54) is 0 Å². The van der Waals surface area contributed by atoms with Crippen molar-refractivity contribution >= 4 is 28.4 Å². The number of carboxylic acids is 1. The van der Waals surface area contributed by atoms with Gasteiger partial charge in [0.15, 0.2) is 0 Å². The number of aryl methyl sites for hydroxylation is 3. The molecule has 0 radical (unpaired) electrons. The number of anilines is 1. The van der Waals surface area contributed by atoms with Crippen molar-refractivity contribution in [3.8, 4) is 0 Å². The lowest BCUT2D eigenvalue weighted by atomic mass is 10.1. The average molecular weight is 295 g/mol. The number of hydrogen-bond donors (Lipinski definition) is 2. The maximum atomic E-state index is 12.0. The van der Waals surface area contributed by atoms with Crippen LogP contribution in [0.25, 0.3) is 0 Å². The van der Waals surface area contributed by atoms with Crippen LogP contribution in [0, 0.1) is 20.8 Å². The van der Waals surface area contributed by atoms with Crippen LogP contribution in [0.5, 0.6) is 0 Å². The molecule has 0 saturated carbocycles. The van der Waals surface area contributed by atoms with E-state index in [1.807, 2.05) is 0 Å². The molecular formula is C12H13N3O4S. The summed E-state index contributed by atoms with van der Waals surface area (Å²) in [6.45, 7) is 5.06. The smallest absolute Gasteiger partial charge is 0.340 e. The molecule has 1 amide bonds. The zero-order chi connectivity index (χ0) is 14.9. The maximum absolute atomic E-state index is 12.0. The fourth-order valence-corrected chi connectivity index (χ4v) is 2.60. The predicted molar refractivity (Wildman–Crippen MR) is 72.1 cm³/mol. The Kier molecular flexibility index (Phi) is 3.84. The largest absolute Gasteiger partial charge is 0.478 e. The van der Waals surface area contributed by atoms with Crippen molar-refractivity contribution in [1.82, 2.24) is 9.53 Å². The number of aromatic carboxylic acids is 1. The Balaban J connectivity index is 2.15. The minimum atomic E-state index is -1.11. The van der Waals surface area contributed by atoms with Crippen molar-refractivity contribution in [1.29, 1.82) is 0 Å². The van der Waals surface area contributed by atoms with Gasteiger partial charge in [-0.2, -0.15) is 4.37 Å². The molecule has 106 valence electrons. The molecule has 2 rings (SSSR count). The maximum Gasteiger partial charge on any atom is 0.340 e. The minimum absolute atomic E-state index is 0.0297. The topological polar surface area (TPSA) is 105 Å². The number of nitrogens with one attached hydrogen (secondary N) is 1. The summed E-state index contributed by atoms with van der Waals surface area (Å²) >= 11 is 0.952. The molecular weight excluding hydrogens is 282 g/mol. The van der Waals surface area contributed by atoms with Gasteiger partial charge in [0, 0.05) is 5.56 Å². The summed E-state index contributed by atoms with van der Waals surface area (Å²) in [7, 11) is 0. The van der Waals surface area contributed by atoms with Crippen molar-refractivity contribution in [3.63, 3.8) is 0 Å².